The van der Waals surface area contributed by atoms with Crippen LogP contribution in [0.25, 0.3) is 6.08 Å². The van der Waals surface area contributed by atoms with E-state index in [1.807, 2.05) is 4.90 Å². The van der Waals surface area contributed by atoms with Crippen LogP contribution in [0.2, 0.25) is 0 Å². The molecule has 0 fully saturated rings. The van der Waals surface area contributed by atoms with Crippen molar-refractivity contribution >= 4 is 28.0 Å². The number of aliphatic hydroxyl groups excluding tert-OH is 1. The van der Waals surface area contributed by atoms with Crippen LogP contribution in [0.3, 0.4) is 0 Å². The summed E-state index contributed by atoms with van der Waals surface area (Å²) >= 11 is 3.37. The number of carbonyl (C=O) groups is 1. The molecule has 0 unspecified atom stereocenters. The maximum Gasteiger partial charge on any atom is 0.330 e. The Morgan fingerprint density at radius 1 is 1.11 bits per heavy atom. The molecule has 0 radical (unpaired) electrons. The molecule has 2 rings (SSSR count). The fraction of sp³-hybridized carbons (Fsp3) is 0.250. The third-order valence-electron chi connectivity index (χ3n) is 3.75. The normalized spacial score (nSPS) is 11.3. The summed E-state index contributed by atoms with van der Waals surface area (Å²) in [4.78, 5) is 13.6. The quantitative estimate of drug-likeness (QED) is 0.477. The van der Waals surface area contributed by atoms with Gasteiger partial charge in [-0.2, -0.15) is 0 Å². The Morgan fingerprint density at radius 3 is 2.52 bits per heavy atom. The van der Waals surface area contributed by atoms with E-state index in [2.05, 4.69) is 15.9 Å². The molecule has 0 bridgehead atoms. The minimum absolute atomic E-state index is 0.0641. The minimum atomic E-state index is -0.518. The lowest BCUT2D eigenvalue weighted by molar-refractivity contribution is -0.138. The number of nitrogens with zero attached hydrogens (tertiary/aromatic N) is 1. The molecule has 7 heteroatoms. The molecule has 0 saturated heterocycles. The van der Waals surface area contributed by atoms with Crippen molar-refractivity contribution in [3.63, 3.8) is 0 Å². The summed E-state index contributed by atoms with van der Waals surface area (Å²) in [6, 6.07) is 10.1. The fourth-order valence-electron chi connectivity index (χ4n) is 2.38. The molecule has 0 aromatic heterocycles. The molecule has 2 aromatic rings. The van der Waals surface area contributed by atoms with Crippen molar-refractivity contribution in [2.45, 2.75) is 6.54 Å². The second kappa shape index (κ2) is 10.9. The average molecular weight is 440 g/mol. The monoisotopic (exact) mass is 439 g/mol. The van der Waals surface area contributed by atoms with Crippen LogP contribution in [0.4, 0.5) is 8.78 Å². The van der Waals surface area contributed by atoms with Crippen molar-refractivity contribution in [3.8, 4) is 0 Å². The van der Waals surface area contributed by atoms with E-state index < -0.39 is 5.97 Å². The molecule has 0 atom stereocenters. The third kappa shape index (κ3) is 7.58. The van der Waals surface area contributed by atoms with E-state index >= 15 is 0 Å². The molecule has 0 amide bonds. The van der Waals surface area contributed by atoms with Gasteiger partial charge in [0.15, 0.2) is 0 Å². The molecule has 0 spiro atoms. The van der Waals surface area contributed by atoms with E-state index in [4.69, 9.17) is 4.74 Å². The molecule has 2 aromatic carbocycles. The van der Waals surface area contributed by atoms with Gasteiger partial charge in [-0.05, 0) is 47.5 Å². The van der Waals surface area contributed by atoms with E-state index in [0.29, 0.717) is 25.2 Å². The smallest absolute Gasteiger partial charge is 0.330 e. The number of ether oxygens (including phenoxy) is 1. The first kappa shape index (κ1) is 21.2. The second-order valence-corrected chi connectivity index (χ2v) is 6.64. The summed E-state index contributed by atoms with van der Waals surface area (Å²) < 4.78 is 32.2. The van der Waals surface area contributed by atoms with Crippen molar-refractivity contribution in [2.75, 3.05) is 26.3 Å². The number of carbonyl (C=O) groups excluding carboxylic acids is 1. The standard InChI is InChI=1S/C20H20BrF2NO3/c21-19-7-6-18(23)13-16(19)14-24(9-11-25)10-12-27-20(26)8-3-15-1-4-17(22)5-2-15/h1-8,13,25H,9-12,14H2/b8-3+. The summed E-state index contributed by atoms with van der Waals surface area (Å²) in [5.41, 5.74) is 1.43. The summed E-state index contributed by atoms with van der Waals surface area (Å²) in [6.45, 7) is 1.22. The lowest BCUT2D eigenvalue weighted by atomic mass is 10.2. The molecule has 0 heterocycles. The number of esters is 1. The summed E-state index contributed by atoms with van der Waals surface area (Å²) in [5, 5.41) is 9.20. The highest BCUT2D eigenvalue weighted by Crippen LogP contribution is 2.19. The number of rotatable bonds is 9. The van der Waals surface area contributed by atoms with Gasteiger partial charge < -0.3 is 9.84 Å². The van der Waals surface area contributed by atoms with Crippen molar-refractivity contribution in [1.29, 1.82) is 0 Å². The van der Waals surface area contributed by atoms with Gasteiger partial charge in [0.2, 0.25) is 0 Å². The molecular weight excluding hydrogens is 420 g/mol. The van der Waals surface area contributed by atoms with Gasteiger partial charge >= 0.3 is 5.97 Å². The first-order valence-electron chi connectivity index (χ1n) is 8.35. The fourth-order valence-corrected chi connectivity index (χ4v) is 2.75. The van der Waals surface area contributed by atoms with Crippen molar-refractivity contribution in [1.82, 2.24) is 4.90 Å². The van der Waals surface area contributed by atoms with Crippen molar-refractivity contribution in [2.24, 2.45) is 0 Å². The maximum atomic E-state index is 13.4. The molecule has 144 valence electrons. The lowest BCUT2D eigenvalue weighted by Crippen LogP contribution is -2.30. The molecule has 0 aliphatic heterocycles. The van der Waals surface area contributed by atoms with Gasteiger partial charge in [0.1, 0.15) is 18.2 Å². The largest absolute Gasteiger partial charge is 0.461 e. The van der Waals surface area contributed by atoms with Gasteiger partial charge in [0, 0.05) is 30.2 Å². The van der Waals surface area contributed by atoms with E-state index in [9.17, 15) is 18.7 Å². The van der Waals surface area contributed by atoms with Gasteiger partial charge in [-0.3, -0.25) is 4.90 Å². The predicted molar refractivity (Wildman–Crippen MR) is 103 cm³/mol. The van der Waals surface area contributed by atoms with Gasteiger partial charge in [0.25, 0.3) is 0 Å². The minimum Gasteiger partial charge on any atom is -0.461 e. The van der Waals surface area contributed by atoms with Gasteiger partial charge in [0.05, 0.1) is 6.61 Å². The first-order valence-corrected chi connectivity index (χ1v) is 9.15. The van der Waals surface area contributed by atoms with Crippen LogP contribution in [-0.4, -0.2) is 42.3 Å². The maximum absolute atomic E-state index is 13.4. The molecule has 4 nitrogen and oxygen atoms in total. The molecular formula is C20H20BrF2NO3. The Kier molecular flexibility index (Phi) is 8.57. The highest BCUT2D eigenvalue weighted by atomic mass is 79.9. The zero-order chi connectivity index (χ0) is 19.6. The van der Waals surface area contributed by atoms with E-state index in [1.165, 1.54) is 36.4 Å². The molecule has 27 heavy (non-hydrogen) atoms. The van der Waals surface area contributed by atoms with Crippen LogP contribution in [0.15, 0.2) is 53.0 Å². The Bertz CT molecular complexity index is 781. The summed E-state index contributed by atoms with van der Waals surface area (Å²) in [6.07, 6.45) is 2.81. The van der Waals surface area contributed by atoms with Gasteiger partial charge in [-0.1, -0.05) is 28.1 Å². The van der Waals surface area contributed by atoms with Crippen molar-refractivity contribution < 1.29 is 23.4 Å². The molecule has 1 N–H and O–H groups in total. The second-order valence-electron chi connectivity index (χ2n) is 5.79. The number of hydrogen-bond acceptors (Lipinski definition) is 4. The average Bonchev–Trinajstić information content (AvgIpc) is 2.64. The summed E-state index contributed by atoms with van der Waals surface area (Å²) in [5.74, 6) is -1.20. The number of halogens is 3. The van der Waals surface area contributed by atoms with Crippen LogP contribution >= 0.6 is 15.9 Å². The van der Waals surface area contributed by atoms with Crippen LogP contribution in [0.1, 0.15) is 11.1 Å². The number of hydrogen-bond donors (Lipinski definition) is 1. The predicted octanol–water partition coefficient (Wildman–Crippen LogP) is 3.78. The Labute approximate surface area is 165 Å². The molecule has 0 aliphatic carbocycles. The Morgan fingerprint density at radius 2 is 1.81 bits per heavy atom. The first-order chi connectivity index (χ1) is 13.0. The topological polar surface area (TPSA) is 49.8 Å². The van der Waals surface area contributed by atoms with E-state index in [1.54, 1.807) is 18.2 Å². The van der Waals surface area contributed by atoms with Crippen LogP contribution in [0, 0.1) is 11.6 Å². The molecule has 0 aliphatic rings. The summed E-state index contributed by atoms with van der Waals surface area (Å²) in [7, 11) is 0. The lowest BCUT2D eigenvalue weighted by Gasteiger charge is -2.21. The van der Waals surface area contributed by atoms with Crippen LogP contribution in [0.5, 0.6) is 0 Å². The zero-order valence-corrected chi connectivity index (χ0v) is 16.2. The van der Waals surface area contributed by atoms with Crippen molar-refractivity contribution in [3.05, 3.63) is 75.8 Å². The zero-order valence-electron chi connectivity index (χ0n) is 14.6. The highest BCUT2D eigenvalue weighted by Gasteiger charge is 2.10. The molecule has 0 saturated carbocycles. The number of aliphatic hydroxyl groups is 1. The Balaban J connectivity index is 1.83. The van der Waals surface area contributed by atoms with Crippen LogP contribution in [-0.2, 0) is 16.1 Å². The third-order valence-corrected chi connectivity index (χ3v) is 4.53. The number of benzene rings is 2. The SMILES string of the molecule is O=C(/C=C/c1ccc(F)cc1)OCCN(CCO)Cc1cc(F)ccc1Br. The van der Waals surface area contributed by atoms with Gasteiger partial charge in [-0.15, -0.1) is 0 Å². The van der Waals surface area contributed by atoms with E-state index in [-0.39, 0.29) is 24.8 Å². The van der Waals surface area contributed by atoms with Crippen LogP contribution < -0.4 is 0 Å². The van der Waals surface area contributed by atoms with E-state index in [0.717, 1.165) is 10.0 Å². The highest BCUT2D eigenvalue weighted by molar-refractivity contribution is 9.10. The Hall–Kier alpha value is -2.09. The van der Waals surface area contributed by atoms with Gasteiger partial charge in [-0.25, -0.2) is 13.6 Å².